The smallest absolute Gasteiger partial charge is 0.246 e. The number of morpholine rings is 1. The van der Waals surface area contributed by atoms with E-state index in [9.17, 15) is 4.79 Å². The Morgan fingerprint density at radius 2 is 2.26 bits per heavy atom. The van der Waals surface area contributed by atoms with E-state index in [4.69, 9.17) is 4.74 Å². The van der Waals surface area contributed by atoms with Gasteiger partial charge in [0.2, 0.25) is 5.91 Å². The molecule has 6 heteroatoms. The lowest BCUT2D eigenvalue weighted by Crippen LogP contribution is -2.57. The van der Waals surface area contributed by atoms with E-state index in [1.807, 2.05) is 19.4 Å². The SMILES string of the molecule is Cn1ccnc1CN1CCC2(CC1)CNC(=O)CO2. The third-order valence-corrected chi connectivity index (χ3v) is 4.17. The van der Waals surface area contributed by atoms with Gasteiger partial charge < -0.3 is 14.6 Å². The average Bonchev–Trinajstić information content (AvgIpc) is 2.82. The molecular formula is C13H20N4O2. The van der Waals surface area contributed by atoms with Crippen molar-refractivity contribution in [1.82, 2.24) is 19.8 Å². The Labute approximate surface area is 112 Å². The fraction of sp³-hybridized carbons (Fsp3) is 0.692. The van der Waals surface area contributed by atoms with E-state index in [0.29, 0.717) is 6.54 Å². The molecule has 0 aromatic carbocycles. The first kappa shape index (κ1) is 12.6. The van der Waals surface area contributed by atoms with Crippen molar-refractivity contribution in [3.63, 3.8) is 0 Å². The first-order valence-electron chi connectivity index (χ1n) is 6.76. The Balaban J connectivity index is 1.55. The van der Waals surface area contributed by atoms with Crippen molar-refractivity contribution in [2.24, 2.45) is 7.05 Å². The van der Waals surface area contributed by atoms with Crippen molar-refractivity contribution in [3.8, 4) is 0 Å². The summed E-state index contributed by atoms with van der Waals surface area (Å²) in [4.78, 5) is 17.9. The van der Waals surface area contributed by atoms with Gasteiger partial charge in [0.25, 0.3) is 0 Å². The lowest BCUT2D eigenvalue weighted by Gasteiger charge is -2.43. The fourth-order valence-electron chi connectivity index (χ4n) is 2.77. The van der Waals surface area contributed by atoms with Crippen LogP contribution >= 0.6 is 0 Å². The highest BCUT2D eigenvalue weighted by molar-refractivity contribution is 5.78. The molecule has 1 spiro atoms. The predicted molar refractivity (Wildman–Crippen MR) is 69.4 cm³/mol. The third kappa shape index (κ3) is 2.64. The lowest BCUT2D eigenvalue weighted by atomic mass is 9.90. The number of nitrogens with one attached hydrogen (secondary N) is 1. The van der Waals surface area contributed by atoms with E-state index in [1.54, 1.807) is 0 Å². The highest BCUT2D eigenvalue weighted by Gasteiger charge is 2.38. The van der Waals surface area contributed by atoms with Gasteiger partial charge in [0.1, 0.15) is 12.4 Å². The zero-order valence-corrected chi connectivity index (χ0v) is 11.3. The number of likely N-dealkylation sites (tertiary alicyclic amines) is 1. The summed E-state index contributed by atoms with van der Waals surface area (Å²) in [6.45, 7) is 3.72. The Kier molecular flexibility index (Phi) is 3.28. The van der Waals surface area contributed by atoms with Gasteiger partial charge in [0.05, 0.1) is 12.1 Å². The van der Waals surface area contributed by atoms with Crippen LogP contribution < -0.4 is 5.32 Å². The number of carbonyl (C=O) groups excluding carboxylic acids is 1. The summed E-state index contributed by atoms with van der Waals surface area (Å²) < 4.78 is 7.82. The van der Waals surface area contributed by atoms with E-state index in [2.05, 4.69) is 19.8 Å². The van der Waals surface area contributed by atoms with Crippen molar-refractivity contribution in [2.45, 2.75) is 25.0 Å². The maximum atomic E-state index is 11.1. The minimum atomic E-state index is -0.133. The summed E-state index contributed by atoms with van der Waals surface area (Å²) >= 11 is 0. The molecule has 2 fully saturated rings. The van der Waals surface area contributed by atoms with Crippen molar-refractivity contribution in [3.05, 3.63) is 18.2 Å². The molecule has 0 saturated carbocycles. The zero-order chi connectivity index (χ0) is 13.3. The zero-order valence-electron chi connectivity index (χ0n) is 11.3. The highest BCUT2D eigenvalue weighted by atomic mass is 16.5. The Hall–Kier alpha value is -1.40. The van der Waals surface area contributed by atoms with E-state index >= 15 is 0 Å². The summed E-state index contributed by atoms with van der Waals surface area (Å²) in [5.41, 5.74) is -0.133. The van der Waals surface area contributed by atoms with Crippen LogP contribution in [0.2, 0.25) is 0 Å². The Morgan fingerprint density at radius 1 is 1.47 bits per heavy atom. The predicted octanol–water partition coefficient (Wildman–Crippen LogP) is -0.0989. The summed E-state index contributed by atoms with van der Waals surface area (Å²) in [6.07, 6.45) is 5.75. The van der Waals surface area contributed by atoms with Gasteiger partial charge in [-0.1, -0.05) is 0 Å². The number of carbonyl (C=O) groups is 1. The first-order chi connectivity index (χ1) is 9.17. The van der Waals surface area contributed by atoms with E-state index in [0.717, 1.165) is 38.3 Å². The minimum Gasteiger partial charge on any atom is -0.363 e. The second kappa shape index (κ2) is 4.94. The maximum Gasteiger partial charge on any atom is 0.246 e. The Morgan fingerprint density at radius 3 is 2.84 bits per heavy atom. The van der Waals surface area contributed by atoms with Crippen LogP contribution in [0.1, 0.15) is 18.7 Å². The molecule has 3 heterocycles. The molecule has 19 heavy (non-hydrogen) atoms. The second-order valence-electron chi connectivity index (χ2n) is 5.48. The number of aromatic nitrogens is 2. The molecular weight excluding hydrogens is 244 g/mol. The molecule has 2 aliphatic heterocycles. The number of amides is 1. The highest BCUT2D eigenvalue weighted by Crippen LogP contribution is 2.28. The van der Waals surface area contributed by atoms with Crippen molar-refractivity contribution < 1.29 is 9.53 Å². The van der Waals surface area contributed by atoms with E-state index in [-0.39, 0.29) is 18.1 Å². The molecule has 6 nitrogen and oxygen atoms in total. The van der Waals surface area contributed by atoms with Gasteiger partial charge in [-0.25, -0.2) is 4.98 Å². The number of piperidine rings is 1. The molecule has 1 amide bonds. The average molecular weight is 264 g/mol. The van der Waals surface area contributed by atoms with E-state index < -0.39 is 0 Å². The standard InChI is InChI=1S/C13H20N4O2/c1-16-7-4-14-11(16)8-17-5-2-13(3-6-17)10-15-12(18)9-19-13/h4,7H,2-3,5-6,8-10H2,1H3,(H,15,18). The molecule has 2 aliphatic rings. The number of aryl methyl sites for hydroxylation is 1. The van der Waals surface area contributed by atoms with Gasteiger partial charge in [0, 0.05) is 39.1 Å². The van der Waals surface area contributed by atoms with Crippen LogP contribution in [0.15, 0.2) is 12.4 Å². The van der Waals surface area contributed by atoms with Gasteiger partial charge in [-0.3, -0.25) is 9.69 Å². The first-order valence-corrected chi connectivity index (χ1v) is 6.76. The third-order valence-electron chi connectivity index (χ3n) is 4.17. The fourth-order valence-corrected chi connectivity index (χ4v) is 2.77. The van der Waals surface area contributed by atoms with Crippen molar-refractivity contribution in [1.29, 1.82) is 0 Å². The van der Waals surface area contributed by atoms with Gasteiger partial charge in [-0.05, 0) is 12.8 Å². The number of imidazole rings is 1. The largest absolute Gasteiger partial charge is 0.363 e. The van der Waals surface area contributed by atoms with Gasteiger partial charge >= 0.3 is 0 Å². The number of hydrogen-bond acceptors (Lipinski definition) is 4. The molecule has 0 bridgehead atoms. The van der Waals surface area contributed by atoms with Gasteiger partial charge in [0.15, 0.2) is 0 Å². The quantitative estimate of drug-likeness (QED) is 0.810. The summed E-state index contributed by atoms with van der Waals surface area (Å²) in [6, 6.07) is 0. The normalized spacial score (nSPS) is 23.5. The molecule has 0 unspecified atom stereocenters. The van der Waals surface area contributed by atoms with Crippen molar-refractivity contribution >= 4 is 5.91 Å². The Bertz CT molecular complexity index is 451. The van der Waals surface area contributed by atoms with Crippen LogP contribution in [0.25, 0.3) is 0 Å². The van der Waals surface area contributed by atoms with Crippen LogP contribution in [0.4, 0.5) is 0 Å². The number of rotatable bonds is 2. The van der Waals surface area contributed by atoms with Gasteiger partial charge in [-0.15, -0.1) is 0 Å². The number of hydrogen-bond donors (Lipinski definition) is 1. The van der Waals surface area contributed by atoms with Crippen LogP contribution in [0, 0.1) is 0 Å². The van der Waals surface area contributed by atoms with Crippen LogP contribution in [-0.2, 0) is 23.1 Å². The van der Waals surface area contributed by atoms with Gasteiger partial charge in [-0.2, -0.15) is 0 Å². The monoisotopic (exact) mass is 264 g/mol. The summed E-state index contributed by atoms with van der Waals surface area (Å²) in [5, 5.41) is 2.91. The molecule has 104 valence electrons. The molecule has 2 saturated heterocycles. The van der Waals surface area contributed by atoms with Crippen LogP contribution in [0.5, 0.6) is 0 Å². The maximum absolute atomic E-state index is 11.1. The summed E-state index contributed by atoms with van der Waals surface area (Å²) in [7, 11) is 2.02. The topological polar surface area (TPSA) is 59.4 Å². The molecule has 0 atom stereocenters. The van der Waals surface area contributed by atoms with Crippen molar-refractivity contribution in [2.75, 3.05) is 26.2 Å². The number of nitrogens with zero attached hydrogens (tertiary/aromatic N) is 3. The molecule has 1 aromatic heterocycles. The molecule has 0 aliphatic carbocycles. The molecule has 3 rings (SSSR count). The molecule has 1 N–H and O–H groups in total. The molecule has 1 aromatic rings. The number of ether oxygens (including phenoxy) is 1. The lowest BCUT2D eigenvalue weighted by molar-refractivity contribution is -0.150. The van der Waals surface area contributed by atoms with E-state index in [1.165, 1.54) is 0 Å². The minimum absolute atomic E-state index is 0.000986. The second-order valence-corrected chi connectivity index (χ2v) is 5.48. The summed E-state index contributed by atoms with van der Waals surface area (Å²) in [5.74, 6) is 1.09. The molecule has 0 radical (unpaired) electrons. The van der Waals surface area contributed by atoms with Crippen LogP contribution in [0.3, 0.4) is 0 Å². The van der Waals surface area contributed by atoms with Crippen LogP contribution in [-0.4, -0.2) is 52.2 Å².